The molecule has 0 radical (unpaired) electrons. The smallest absolute Gasteiger partial charge is 0.237 e. The van der Waals surface area contributed by atoms with Gasteiger partial charge < -0.3 is 16.4 Å². The monoisotopic (exact) mass is 201 g/mol. The van der Waals surface area contributed by atoms with E-state index in [4.69, 9.17) is 11.5 Å². The predicted octanol–water partition coefficient (Wildman–Crippen LogP) is -0.695. The number of carbonyl (C=O) groups is 2. The number of nitrogens with zero attached hydrogens (tertiary/aromatic N) is 1. The summed E-state index contributed by atoms with van der Waals surface area (Å²) < 4.78 is 0. The van der Waals surface area contributed by atoms with Gasteiger partial charge in [0.05, 0.1) is 12.5 Å². The number of hydrogen-bond acceptors (Lipinski definition) is 3. The Bertz CT molecular complexity index is 206. The van der Waals surface area contributed by atoms with Gasteiger partial charge >= 0.3 is 0 Å². The van der Waals surface area contributed by atoms with Crippen LogP contribution < -0.4 is 11.5 Å². The first-order chi connectivity index (χ1) is 6.52. The van der Waals surface area contributed by atoms with E-state index in [-0.39, 0.29) is 18.4 Å². The molecule has 0 fully saturated rings. The van der Waals surface area contributed by atoms with Crippen LogP contribution in [-0.4, -0.2) is 36.9 Å². The number of hydrogen-bond donors (Lipinski definition) is 2. The van der Waals surface area contributed by atoms with Crippen LogP contribution in [0.15, 0.2) is 0 Å². The van der Waals surface area contributed by atoms with Crippen molar-refractivity contribution in [3.63, 3.8) is 0 Å². The second-order valence-electron chi connectivity index (χ2n) is 3.38. The Morgan fingerprint density at radius 1 is 1.43 bits per heavy atom. The van der Waals surface area contributed by atoms with E-state index in [1.807, 2.05) is 6.92 Å². The van der Waals surface area contributed by atoms with Crippen molar-refractivity contribution in [2.45, 2.75) is 19.8 Å². The molecular formula is C9H19N3O2. The van der Waals surface area contributed by atoms with E-state index in [9.17, 15) is 9.59 Å². The van der Waals surface area contributed by atoms with Crippen LogP contribution >= 0.6 is 0 Å². The van der Waals surface area contributed by atoms with Gasteiger partial charge in [0.2, 0.25) is 11.8 Å². The average molecular weight is 201 g/mol. The molecule has 0 aliphatic rings. The second kappa shape index (κ2) is 6.37. The Hall–Kier alpha value is -1.10. The summed E-state index contributed by atoms with van der Waals surface area (Å²) in [7, 11) is 1.56. The quantitative estimate of drug-likeness (QED) is 0.595. The molecule has 0 aromatic heterocycles. The molecule has 0 saturated heterocycles. The topological polar surface area (TPSA) is 89.4 Å². The van der Waals surface area contributed by atoms with Crippen molar-refractivity contribution < 1.29 is 9.59 Å². The Kier molecular flexibility index (Phi) is 5.87. The molecule has 1 unspecified atom stereocenters. The molecule has 0 rings (SSSR count). The molecule has 1 atom stereocenters. The Labute approximate surface area is 84.4 Å². The van der Waals surface area contributed by atoms with E-state index in [1.54, 1.807) is 7.05 Å². The number of rotatable bonds is 6. The summed E-state index contributed by atoms with van der Waals surface area (Å²) >= 11 is 0. The Morgan fingerprint density at radius 2 is 2.00 bits per heavy atom. The van der Waals surface area contributed by atoms with E-state index >= 15 is 0 Å². The van der Waals surface area contributed by atoms with Crippen molar-refractivity contribution in [1.82, 2.24) is 4.90 Å². The van der Waals surface area contributed by atoms with Crippen LogP contribution in [0.5, 0.6) is 0 Å². The molecule has 0 aliphatic heterocycles. The third-order valence-corrected chi connectivity index (χ3v) is 2.04. The zero-order valence-corrected chi connectivity index (χ0v) is 8.82. The van der Waals surface area contributed by atoms with Gasteiger partial charge in [0.15, 0.2) is 0 Å². The molecule has 5 heteroatoms. The minimum absolute atomic E-state index is 0.0426. The summed E-state index contributed by atoms with van der Waals surface area (Å²) in [4.78, 5) is 23.5. The van der Waals surface area contributed by atoms with E-state index in [0.29, 0.717) is 6.54 Å². The van der Waals surface area contributed by atoms with Crippen LogP contribution in [-0.2, 0) is 9.59 Å². The lowest BCUT2D eigenvalue weighted by molar-refractivity contribution is -0.137. The summed E-state index contributed by atoms with van der Waals surface area (Å²) in [5.74, 6) is -0.800. The van der Waals surface area contributed by atoms with Crippen LogP contribution in [0.2, 0.25) is 0 Å². The molecule has 0 heterocycles. The third kappa shape index (κ3) is 4.23. The first kappa shape index (κ1) is 12.9. The van der Waals surface area contributed by atoms with Crippen LogP contribution in [0.25, 0.3) is 0 Å². The molecule has 0 saturated carbocycles. The maximum atomic E-state index is 11.6. The van der Waals surface area contributed by atoms with E-state index in [0.717, 1.165) is 12.8 Å². The van der Waals surface area contributed by atoms with Crippen molar-refractivity contribution in [3.8, 4) is 0 Å². The molecule has 0 aliphatic carbocycles. The molecule has 0 bridgehead atoms. The Morgan fingerprint density at radius 3 is 2.36 bits per heavy atom. The number of likely N-dealkylation sites (N-methyl/N-ethyl adjacent to an activating group) is 1. The largest absolute Gasteiger partial charge is 0.368 e. The summed E-state index contributed by atoms with van der Waals surface area (Å²) in [6.07, 6.45) is 1.65. The van der Waals surface area contributed by atoms with Crippen molar-refractivity contribution in [2.24, 2.45) is 17.4 Å². The zero-order chi connectivity index (χ0) is 11.1. The average Bonchev–Trinajstić information content (AvgIpc) is 2.12. The molecule has 0 spiro atoms. The van der Waals surface area contributed by atoms with Crippen molar-refractivity contribution in [2.75, 3.05) is 20.1 Å². The van der Waals surface area contributed by atoms with Gasteiger partial charge in [0.1, 0.15) is 0 Å². The summed E-state index contributed by atoms with van der Waals surface area (Å²) in [5, 5.41) is 0. The second-order valence-corrected chi connectivity index (χ2v) is 3.38. The van der Waals surface area contributed by atoms with Gasteiger partial charge in [-0.25, -0.2) is 0 Å². The summed E-state index contributed by atoms with van der Waals surface area (Å²) in [6.45, 7) is 2.26. The standard InChI is InChI=1S/C9H19N3O2/c1-3-4-7(5-10)9(14)12(2)6-8(11)13/h7H,3-6,10H2,1-2H3,(H2,11,13). The van der Waals surface area contributed by atoms with Gasteiger partial charge in [-0.3, -0.25) is 9.59 Å². The van der Waals surface area contributed by atoms with Crippen LogP contribution in [0.4, 0.5) is 0 Å². The minimum atomic E-state index is -0.506. The molecule has 2 amide bonds. The van der Waals surface area contributed by atoms with Gasteiger partial charge in [0.25, 0.3) is 0 Å². The normalized spacial score (nSPS) is 12.2. The van der Waals surface area contributed by atoms with Crippen molar-refractivity contribution in [1.29, 1.82) is 0 Å². The summed E-state index contributed by atoms with van der Waals surface area (Å²) in [5.41, 5.74) is 10.4. The number of nitrogens with two attached hydrogens (primary N) is 2. The highest BCUT2D eigenvalue weighted by Crippen LogP contribution is 2.07. The minimum Gasteiger partial charge on any atom is -0.368 e. The van der Waals surface area contributed by atoms with Crippen LogP contribution in [0, 0.1) is 5.92 Å². The highest BCUT2D eigenvalue weighted by Gasteiger charge is 2.20. The lowest BCUT2D eigenvalue weighted by atomic mass is 10.0. The highest BCUT2D eigenvalue weighted by atomic mass is 16.2. The van der Waals surface area contributed by atoms with Gasteiger partial charge in [-0.05, 0) is 6.42 Å². The maximum absolute atomic E-state index is 11.6. The number of amides is 2. The van der Waals surface area contributed by atoms with E-state index in [2.05, 4.69) is 0 Å². The predicted molar refractivity (Wildman–Crippen MR) is 54.3 cm³/mol. The maximum Gasteiger partial charge on any atom is 0.237 e. The van der Waals surface area contributed by atoms with Crippen molar-refractivity contribution in [3.05, 3.63) is 0 Å². The fraction of sp³-hybridized carbons (Fsp3) is 0.778. The molecule has 14 heavy (non-hydrogen) atoms. The molecule has 82 valence electrons. The number of primary amides is 1. The molecule has 0 aromatic carbocycles. The lowest BCUT2D eigenvalue weighted by Gasteiger charge is -2.21. The van der Waals surface area contributed by atoms with Gasteiger partial charge in [-0.15, -0.1) is 0 Å². The van der Waals surface area contributed by atoms with Crippen molar-refractivity contribution >= 4 is 11.8 Å². The fourth-order valence-corrected chi connectivity index (χ4v) is 1.31. The zero-order valence-electron chi connectivity index (χ0n) is 8.82. The lowest BCUT2D eigenvalue weighted by Crippen LogP contribution is -2.41. The van der Waals surface area contributed by atoms with Gasteiger partial charge in [-0.1, -0.05) is 13.3 Å². The summed E-state index contributed by atoms with van der Waals surface area (Å²) in [6, 6.07) is 0. The van der Waals surface area contributed by atoms with E-state index in [1.165, 1.54) is 4.90 Å². The molecule has 0 aromatic rings. The van der Waals surface area contributed by atoms with Gasteiger partial charge in [0, 0.05) is 13.6 Å². The fourth-order valence-electron chi connectivity index (χ4n) is 1.31. The van der Waals surface area contributed by atoms with E-state index < -0.39 is 5.91 Å². The van der Waals surface area contributed by atoms with Gasteiger partial charge in [-0.2, -0.15) is 0 Å². The van der Waals surface area contributed by atoms with Crippen LogP contribution in [0.1, 0.15) is 19.8 Å². The third-order valence-electron chi connectivity index (χ3n) is 2.04. The molecule has 5 nitrogen and oxygen atoms in total. The SMILES string of the molecule is CCCC(CN)C(=O)N(C)CC(N)=O. The van der Waals surface area contributed by atoms with Crippen LogP contribution in [0.3, 0.4) is 0 Å². The number of carbonyl (C=O) groups excluding carboxylic acids is 2. The Balaban J connectivity index is 4.19. The first-order valence-electron chi connectivity index (χ1n) is 4.76. The highest BCUT2D eigenvalue weighted by molar-refractivity contribution is 5.84. The first-order valence-corrected chi connectivity index (χ1v) is 4.76. The molecule has 4 N–H and O–H groups in total. The molecular weight excluding hydrogens is 182 g/mol.